The van der Waals surface area contributed by atoms with E-state index >= 15 is 0 Å². The van der Waals surface area contributed by atoms with Crippen molar-refractivity contribution < 1.29 is 19.0 Å². The first kappa shape index (κ1) is 17.1. The van der Waals surface area contributed by atoms with Gasteiger partial charge in [-0.05, 0) is 47.0 Å². The topological polar surface area (TPSA) is 44.8 Å². The van der Waals surface area contributed by atoms with Gasteiger partial charge in [0.25, 0.3) is 5.79 Å². The summed E-state index contributed by atoms with van der Waals surface area (Å²) in [5.41, 5.74) is 0. The standard InChI is InChI=1S/C17H23BrO4/c1-13(19)21-17(10-6-4-3-5-7-11-17)22-14-8-9-16(20-2)15(18)12-14/h8-9,12H,3-7,10-11H2,1-2H3. The molecule has 4 nitrogen and oxygen atoms in total. The molecule has 1 fully saturated rings. The van der Waals surface area contributed by atoms with Crippen molar-refractivity contribution in [3.63, 3.8) is 0 Å². The largest absolute Gasteiger partial charge is 0.496 e. The number of hydrogen-bond donors (Lipinski definition) is 0. The average molecular weight is 371 g/mol. The number of methoxy groups -OCH3 is 1. The fraction of sp³-hybridized carbons (Fsp3) is 0.588. The molecule has 0 amide bonds. The number of benzene rings is 1. The van der Waals surface area contributed by atoms with Crippen LogP contribution >= 0.6 is 15.9 Å². The normalized spacial score (nSPS) is 18.0. The molecule has 1 saturated carbocycles. The van der Waals surface area contributed by atoms with Gasteiger partial charge in [-0.2, -0.15) is 0 Å². The van der Waals surface area contributed by atoms with E-state index in [4.69, 9.17) is 14.2 Å². The summed E-state index contributed by atoms with van der Waals surface area (Å²) in [7, 11) is 1.62. The zero-order chi connectivity index (χ0) is 16.0. The van der Waals surface area contributed by atoms with Gasteiger partial charge in [0.15, 0.2) is 0 Å². The van der Waals surface area contributed by atoms with Crippen molar-refractivity contribution in [2.24, 2.45) is 0 Å². The quantitative estimate of drug-likeness (QED) is 0.561. The first-order valence-electron chi connectivity index (χ1n) is 7.77. The highest BCUT2D eigenvalue weighted by Crippen LogP contribution is 2.35. The molecular formula is C17H23BrO4. The summed E-state index contributed by atoms with van der Waals surface area (Å²) in [6.45, 7) is 1.44. The molecule has 5 heteroatoms. The van der Waals surface area contributed by atoms with Gasteiger partial charge in [-0.25, -0.2) is 0 Å². The van der Waals surface area contributed by atoms with E-state index < -0.39 is 5.79 Å². The fourth-order valence-corrected chi connectivity index (χ4v) is 3.38. The second-order valence-electron chi connectivity index (χ2n) is 5.67. The Hall–Kier alpha value is -1.23. The van der Waals surface area contributed by atoms with Crippen molar-refractivity contribution in [1.29, 1.82) is 0 Å². The molecule has 2 rings (SSSR count). The molecule has 1 aromatic rings. The van der Waals surface area contributed by atoms with Crippen LogP contribution in [0, 0.1) is 0 Å². The summed E-state index contributed by atoms with van der Waals surface area (Å²) in [5.74, 6) is 0.273. The zero-order valence-corrected chi connectivity index (χ0v) is 14.8. The van der Waals surface area contributed by atoms with E-state index in [0.717, 1.165) is 48.7 Å². The van der Waals surface area contributed by atoms with E-state index in [0.29, 0.717) is 5.75 Å². The number of carbonyl (C=O) groups is 1. The smallest absolute Gasteiger partial charge is 0.305 e. The number of halogens is 1. The van der Waals surface area contributed by atoms with Gasteiger partial charge in [0.1, 0.15) is 11.5 Å². The summed E-state index contributed by atoms with van der Waals surface area (Å²) in [6, 6.07) is 5.53. The third kappa shape index (κ3) is 4.63. The van der Waals surface area contributed by atoms with Gasteiger partial charge >= 0.3 is 5.97 Å². The second kappa shape index (κ2) is 7.86. The predicted molar refractivity (Wildman–Crippen MR) is 88.1 cm³/mol. The zero-order valence-electron chi connectivity index (χ0n) is 13.2. The molecule has 0 bridgehead atoms. The van der Waals surface area contributed by atoms with Crippen LogP contribution in [-0.4, -0.2) is 18.9 Å². The molecule has 0 aliphatic heterocycles. The molecule has 122 valence electrons. The molecule has 1 aliphatic rings. The second-order valence-corrected chi connectivity index (χ2v) is 6.52. The van der Waals surface area contributed by atoms with Crippen molar-refractivity contribution in [2.75, 3.05) is 7.11 Å². The van der Waals surface area contributed by atoms with Crippen molar-refractivity contribution in [1.82, 2.24) is 0 Å². The summed E-state index contributed by atoms with van der Waals surface area (Å²) in [6.07, 6.45) is 7.02. The highest BCUT2D eigenvalue weighted by Gasteiger charge is 2.36. The van der Waals surface area contributed by atoms with Gasteiger partial charge < -0.3 is 14.2 Å². The van der Waals surface area contributed by atoms with Gasteiger partial charge in [0.2, 0.25) is 0 Å². The minimum Gasteiger partial charge on any atom is -0.496 e. The Morgan fingerprint density at radius 3 is 2.32 bits per heavy atom. The molecule has 0 aromatic heterocycles. The third-order valence-electron chi connectivity index (χ3n) is 3.87. The van der Waals surface area contributed by atoms with E-state index in [2.05, 4.69) is 15.9 Å². The average Bonchev–Trinajstić information content (AvgIpc) is 2.43. The van der Waals surface area contributed by atoms with Crippen LogP contribution in [-0.2, 0) is 9.53 Å². The highest BCUT2D eigenvalue weighted by molar-refractivity contribution is 9.10. The van der Waals surface area contributed by atoms with Crippen molar-refractivity contribution in [3.05, 3.63) is 22.7 Å². The van der Waals surface area contributed by atoms with Crippen LogP contribution in [0.25, 0.3) is 0 Å². The number of esters is 1. The van der Waals surface area contributed by atoms with Gasteiger partial charge in [-0.15, -0.1) is 0 Å². The lowest BCUT2D eigenvalue weighted by Crippen LogP contribution is -2.41. The molecule has 0 radical (unpaired) electrons. The van der Waals surface area contributed by atoms with Crippen LogP contribution in [0.1, 0.15) is 51.9 Å². The molecule has 0 atom stereocenters. The van der Waals surface area contributed by atoms with Crippen molar-refractivity contribution in [3.8, 4) is 11.5 Å². The van der Waals surface area contributed by atoms with Crippen LogP contribution in [0.15, 0.2) is 22.7 Å². The third-order valence-corrected chi connectivity index (χ3v) is 4.49. The molecule has 1 aliphatic carbocycles. The Balaban J connectivity index is 2.21. The summed E-state index contributed by atoms with van der Waals surface area (Å²) in [5, 5.41) is 0. The van der Waals surface area contributed by atoms with Crippen molar-refractivity contribution >= 4 is 21.9 Å². The van der Waals surface area contributed by atoms with E-state index in [-0.39, 0.29) is 5.97 Å². The summed E-state index contributed by atoms with van der Waals surface area (Å²) in [4.78, 5) is 11.5. The van der Waals surface area contributed by atoms with Gasteiger partial charge in [-0.1, -0.05) is 19.3 Å². The molecular weight excluding hydrogens is 348 g/mol. The van der Waals surface area contributed by atoms with Crippen LogP contribution in [0.2, 0.25) is 0 Å². The van der Waals surface area contributed by atoms with E-state index in [1.54, 1.807) is 7.11 Å². The maximum atomic E-state index is 11.5. The lowest BCUT2D eigenvalue weighted by molar-refractivity contribution is -0.202. The summed E-state index contributed by atoms with van der Waals surface area (Å²) >= 11 is 3.46. The SMILES string of the molecule is COc1ccc(OC2(OC(C)=O)CCCCCCC2)cc1Br. The predicted octanol–water partition coefficient (Wildman–Crippen LogP) is 4.84. The van der Waals surface area contributed by atoms with Crippen LogP contribution in [0.5, 0.6) is 11.5 Å². The maximum absolute atomic E-state index is 11.5. The fourth-order valence-electron chi connectivity index (χ4n) is 2.86. The Kier molecular flexibility index (Phi) is 6.12. The maximum Gasteiger partial charge on any atom is 0.305 e. The van der Waals surface area contributed by atoms with Crippen LogP contribution in [0.4, 0.5) is 0 Å². The Morgan fingerprint density at radius 2 is 1.77 bits per heavy atom. The number of hydrogen-bond acceptors (Lipinski definition) is 4. The highest BCUT2D eigenvalue weighted by atomic mass is 79.9. The van der Waals surface area contributed by atoms with Crippen LogP contribution in [0.3, 0.4) is 0 Å². The Morgan fingerprint density at radius 1 is 1.14 bits per heavy atom. The van der Waals surface area contributed by atoms with Gasteiger partial charge in [-0.3, -0.25) is 4.79 Å². The minimum atomic E-state index is -0.847. The van der Waals surface area contributed by atoms with E-state index in [1.807, 2.05) is 18.2 Å². The van der Waals surface area contributed by atoms with Crippen LogP contribution < -0.4 is 9.47 Å². The summed E-state index contributed by atoms with van der Waals surface area (Å²) < 4.78 is 17.8. The monoisotopic (exact) mass is 370 g/mol. The minimum absolute atomic E-state index is 0.298. The first-order valence-corrected chi connectivity index (χ1v) is 8.56. The van der Waals surface area contributed by atoms with Crippen molar-refractivity contribution in [2.45, 2.75) is 57.7 Å². The molecule has 0 N–H and O–H groups in total. The Bertz CT molecular complexity index is 507. The first-order chi connectivity index (χ1) is 10.5. The molecule has 1 aromatic carbocycles. The molecule has 22 heavy (non-hydrogen) atoms. The molecule has 0 heterocycles. The Labute approximate surface area is 140 Å². The van der Waals surface area contributed by atoms with Gasteiger partial charge in [0, 0.05) is 19.8 Å². The van der Waals surface area contributed by atoms with Gasteiger partial charge in [0.05, 0.1) is 11.6 Å². The molecule has 0 spiro atoms. The number of ether oxygens (including phenoxy) is 3. The number of rotatable bonds is 4. The molecule has 0 saturated heterocycles. The number of carbonyl (C=O) groups excluding carboxylic acids is 1. The lowest BCUT2D eigenvalue weighted by Gasteiger charge is -2.35. The van der Waals surface area contributed by atoms with E-state index in [1.165, 1.54) is 13.3 Å². The van der Waals surface area contributed by atoms with E-state index in [9.17, 15) is 4.79 Å². The lowest BCUT2D eigenvalue weighted by atomic mass is 9.95. The molecule has 0 unspecified atom stereocenters.